The van der Waals surface area contributed by atoms with E-state index in [9.17, 15) is 4.79 Å². The number of fused-ring (bicyclic) bond motifs is 1. The molecule has 0 aliphatic heterocycles. The Morgan fingerprint density at radius 3 is 2.24 bits per heavy atom. The maximum absolute atomic E-state index is 13.2. The first kappa shape index (κ1) is 22.6. The lowest BCUT2D eigenvalue weighted by Crippen LogP contribution is -2.23. The van der Waals surface area contributed by atoms with Crippen molar-refractivity contribution in [2.24, 2.45) is 7.05 Å². The van der Waals surface area contributed by atoms with Crippen LogP contribution in [0.5, 0.6) is 5.75 Å². The average molecular weight is 442 g/mol. The Hall–Kier alpha value is -3.60. The van der Waals surface area contributed by atoms with Crippen LogP contribution in [0.15, 0.2) is 66.7 Å². The fraction of sp³-hybridized carbons (Fsp3) is 0.286. The molecule has 3 aromatic carbocycles. The van der Waals surface area contributed by atoms with Crippen molar-refractivity contribution < 1.29 is 9.53 Å². The Bertz CT molecular complexity index is 1240. The van der Waals surface area contributed by atoms with E-state index in [0.717, 1.165) is 53.0 Å². The minimum atomic E-state index is -0.0185. The predicted octanol–water partition coefficient (Wildman–Crippen LogP) is 5.34. The van der Waals surface area contributed by atoms with E-state index < -0.39 is 0 Å². The quantitative estimate of drug-likeness (QED) is 0.371. The molecule has 5 heteroatoms. The SMILES string of the molecule is Cc1nc2c(OCc3ccccc3)c(CCCc3ccccc3)c(C(=O)N(C)C)cc2n1C. The summed E-state index contributed by atoms with van der Waals surface area (Å²) in [5, 5.41) is 0. The molecule has 1 amide bonds. The van der Waals surface area contributed by atoms with Crippen LogP contribution in [0.1, 0.15) is 39.3 Å². The monoisotopic (exact) mass is 441 g/mol. The lowest BCUT2D eigenvalue weighted by atomic mass is 9.97. The van der Waals surface area contributed by atoms with Gasteiger partial charge in [0.15, 0.2) is 5.75 Å². The summed E-state index contributed by atoms with van der Waals surface area (Å²) in [6.07, 6.45) is 2.59. The molecule has 1 heterocycles. The Labute approximate surface area is 195 Å². The molecule has 4 aromatic rings. The molecule has 0 unspecified atom stereocenters. The van der Waals surface area contributed by atoms with Gasteiger partial charge < -0.3 is 14.2 Å². The third-order valence-electron chi connectivity index (χ3n) is 6.06. The van der Waals surface area contributed by atoms with Crippen molar-refractivity contribution in [3.05, 3.63) is 94.8 Å². The van der Waals surface area contributed by atoms with E-state index in [1.165, 1.54) is 5.56 Å². The van der Waals surface area contributed by atoms with E-state index >= 15 is 0 Å². The number of amides is 1. The van der Waals surface area contributed by atoms with Crippen molar-refractivity contribution in [3.8, 4) is 5.75 Å². The summed E-state index contributed by atoms with van der Waals surface area (Å²) in [5.41, 5.74) is 5.72. The summed E-state index contributed by atoms with van der Waals surface area (Å²) in [6.45, 7) is 2.40. The Morgan fingerprint density at radius 1 is 0.970 bits per heavy atom. The normalized spacial score (nSPS) is 11.0. The smallest absolute Gasteiger partial charge is 0.253 e. The van der Waals surface area contributed by atoms with Crippen LogP contribution in [0.4, 0.5) is 0 Å². The molecular weight excluding hydrogens is 410 g/mol. The minimum absolute atomic E-state index is 0.0185. The summed E-state index contributed by atoms with van der Waals surface area (Å²) >= 11 is 0. The van der Waals surface area contributed by atoms with Gasteiger partial charge in [-0.25, -0.2) is 4.98 Å². The van der Waals surface area contributed by atoms with Gasteiger partial charge in [0.2, 0.25) is 0 Å². The van der Waals surface area contributed by atoms with Crippen molar-refractivity contribution >= 4 is 16.9 Å². The highest BCUT2D eigenvalue weighted by Crippen LogP contribution is 2.35. The molecule has 0 radical (unpaired) electrons. The first-order valence-corrected chi connectivity index (χ1v) is 11.4. The zero-order valence-corrected chi connectivity index (χ0v) is 19.8. The fourth-order valence-corrected chi connectivity index (χ4v) is 4.13. The molecule has 0 fully saturated rings. The van der Waals surface area contributed by atoms with Gasteiger partial charge in [0.05, 0.1) is 5.52 Å². The van der Waals surface area contributed by atoms with Crippen LogP contribution < -0.4 is 4.74 Å². The number of hydrogen-bond acceptors (Lipinski definition) is 3. The van der Waals surface area contributed by atoms with E-state index in [1.807, 2.05) is 61.0 Å². The second-order valence-corrected chi connectivity index (χ2v) is 8.63. The molecule has 0 bridgehead atoms. The molecule has 0 N–H and O–H groups in total. The highest BCUT2D eigenvalue weighted by molar-refractivity contribution is 6.01. The van der Waals surface area contributed by atoms with Crippen molar-refractivity contribution in [1.82, 2.24) is 14.5 Å². The Kier molecular flexibility index (Phi) is 6.78. The zero-order valence-electron chi connectivity index (χ0n) is 19.8. The number of aromatic nitrogens is 2. The number of nitrogens with zero attached hydrogens (tertiary/aromatic N) is 3. The molecule has 0 atom stereocenters. The van der Waals surface area contributed by atoms with Gasteiger partial charge in [0.1, 0.15) is 17.9 Å². The van der Waals surface area contributed by atoms with Gasteiger partial charge in [0.25, 0.3) is 5.91 Å². The van der Waals surface area contributed by atoms with Crippen molar-refractivity contribution in [2.45, 2.75) is 32.8 Å². The van der Waals surface area contributed by atoms with Crippen LogP contribution in [0.3, 0.4) is 0 Å². The maximum Gasteiger partial charge on any atom is 0.253 e. The molecule has 170 valence electrons. The largest absolute Gasteiger partial charge is 0.486 e. The third kappa shape index (κ3) is 4.92. The van der Waals surface area contributed by atoms with Gasteiger partial charge >= 0.3 is 0 Å². The van der Waals surface area contributed by atoms with Crippen LogP contribution >= 0.6 is 0 Å². The van der Waals surface area contributed by atoms with E-state index in [4.69, 9.17) is 9.72 Å². The number of aryl methyl sites for hydroxylation is 3. The van der Waals surface area contributed by atoms with Crippen LogP contribution in [0.2, 0.25) is 0 Å². The average Bonchev–Trinajstić information content (AvgIpc) is 3.12. The van der Waals surface area contributed by atoms with Gasteiger partial charge in [0, 0.05) is 32.3 Å². The number of carbonyl (C=O) groups is 1. The van der Waals surface area contributed by atoms with Gasteiger partial charge in [-0.3, -0.25) is 4.79 Å². The number of rotatable bonds is 8. The number of hydrogen-bond donors (Lipinski definition) is 0. The molecule has 0 aliphatic carbocycles. The standard InChI is InChI=1S/C28H31N3O2/c1-20-29-26-25(31(20)4)18-24(28(32)30(2)3)23(17-11-16-21-12-7-5-8-13-21)27(26)33-19-22-14-9-6-10-15-22/h5-10,12-15,18H,11,16-17,19H2,1-4H3. The number of carbonyl (C=O) groups excluding carboxylic acids is 1. The highest BCUT2D eigenvalue weighted by atomic mass is 16.5. The molecule has 0 saturated heterocycles. The second-order valence-electron chi connectivity index (χ2n) is 8.63. The van der Waals surface area contributed by atoms with Crippen molar-refractivity contribution in [1.29, 1.82) is 0 Å². The molecule has 4 rings (SSSR count). The summed E-state index contributed by atoms with van der Waals surface area (Å²) in [4.78, 5) is 19.7. The van der Waals surface area contributed by atoms with Gasteiger partial charge in [-0.15, -0.1) is 0 Å². The van der Waals surface area contributed by atoms with Gasteiger partial charge in [-0.1, -0.05) is 60.7 Å². The Balaban J connectivity index is 1.77. The van der Waals surface area contributed by atoms with Gasteiger partial charge in [-0.2, -0.15) is 0 Å². The first-order valence-electron chi connectivity index (χ1n) is 11.4. The van der Waals surface area contributed by atoms with Crippen LogP contribution in [-0.2, 0) is 26.5 Å². The second kappa shape index (κ2) is 9.90. The van der Waals surface area contributed by atoms with E-state index in [0.29, 0.717) is 12.2 Å². The molecule has 1 aromatic heterocycles. The Morgan fingerprint density at radius 2 is 1.61 bits per heavy atom. The molecule has 0 aliphatic rings. The first-order chi connectivity index (χ1) is 16.0. The summed E-state index contributed by atoms with van der Waals surface area (Å²) in [5.74, 6) is 1.59. The topological polar surface area (TPSA) is 47.4 Å². The molecule has 33 heavy (non-hydrogen) atoms. The molecule has 0 spiro atoms. The molecule has 0 saturated carbocycles. The lowest BCUT2D eigenvalue weighted by molar-refractivity contribution is 0.0826. The maximum atomic E-state index is 13.2. The van der Waals surface area contributed by atoms with Crippen LogP contribution in [0, 0.1) is 6.92 Å². The van der Waals surface area contributed by atoms with Crippen LogP contribution in [-0.4, -0.2) is 34.5 Å². The molecular formula is C28H31N3O2. The summed E-state index contributed by atoms with van der Waals surface area (Å²) in [7, 11) is 5.56. The summed E-state index contributed by atoms with van der Waals surface area (Å²) < 4.78 is 8.45. The lowest BCUT2D eigenvalue weighted by Gasteiger charge is -2.19. The van der Waals surface area contributed by atoms with Crippen molar-refractivity contribution in [3.63, 3.8) is 0 Å². The number of benzene rings is 3. The van der Waals surface area contributed by atoms with E-state index in [-0.39, 0.29) is 5.91 Å². The number of imidazole rings is 1. The number of ether oxygens (including phenoxy) is 1. The third-order valence-corrected chi connectivity index (χ3v) is 6.06. The molecule has 5 nitrogen and oxygen atoms in total. The van der Waals surface area contributed by atoms with Gasteiger partial charge in [-0.05, 0) is 43.4 Å². The van der Waals surface area contributed by atoms with E-state index in [2.05, 4.69) is 24.3 Å². The zero-order chi connectivity index (χ0) is 23.4. The predicted molar refractivity (Wildman–Crippen MR) is 133 cm³/mol. The van der Waals surface area contributed by atoms with Crippen molar-refractivity contribution in [2.75, 3.05) is 14.1 Å². The highest BCUT2D eigenvalue weighted by Gasteiger charge is 2.23. The van der Waals surface area contributed by atoms with Crippen LogP contribution in [0.25, 0.3) is 11.0 Å². The fourth-order valence-electron chi connectivity index (χ4n) is 4.13. The van der Waals surface area contributed by atoms with E-state index in [1.54, 1.807) is 19.0 Å². The minimum Gasteiger partial charge on any atom is -0.486 e. The summed E-state index contributed by atoms with van der Waals surface area (Å²) in [6, 6.07) is 22.5.